The van der Waals surface area contributed by atoms with E-state index in [-0.39, 0.29) is 6.61 Å². The fourth-order valence-corrected chi connectivity index (χ4v) is 2.51. The molecular weight excluding hydrogens is 234 g/mol. The quantitative estimate of drug-likeness (QED) is 0.552. The Labute approximate surface area is 110 Å². The highest BCUT2D eigenvalue weighted by atomic mass is 16.5. The lowest BCUT2D eigenvalue weighted by atomic mass is 10.2. The summed E-state index contributed by atoms with van der Waals surface area (Å²) in [7, 11) is 1.63. The Bertz CT molecular complexity index is 197. The second-order valence-electron chi connectivity index (χ2n) is 4.88. The van der Waals surface area contributed by atoms with Crippen LogP contribution in [-0.4, -0.2) is 73.9 Å². The Balaban J connectivity index is 2.21. The second kappa shape index (κ2) is 9.69. The third-order valence-corrected chi connectivity index (χ3v) is 3.42. The number of hydrogen-bond acceptors (Lipinski definition) is 5. The van der Waals surface area contributed by atoms with E-state index < -0.39 is 6.10 Å². The standard InChI is InChI=1S/C13H27NO4/c1-17-8-9-18-11-13(16)10-14(6-7-15)12-4-2-3-5-12/h12-13,15-16H,2-11H2,1H3. The summed E-state index contributed by atoms with van der Waals surface area (Å²) in [6.07, 6.45) is 4.38. The van der Waals surface area contributed by atoms with E-state index in [2.05, 4.69) is 4.90 Å². The first-order chi connectivity index (χ1) is 8.77. The summed E-state index contributed by atoms with van der Waals surface area (Å²) in [5, 5.41) is 19.0. The fourth-order valence-electron chi connectivity index (χ4n) is 2.51. The smallest absolute Gasteiger partial charge is 0.0900 e. The maximum absolute atomic E-state index is 9.92. The van der Waals surface area contributed by atoms with Crippen LogP contribution in [0, 0.1) is 0 Å². The predicted molar refractivity (Wildman–Crippen MR) is 69.6 cm³/mol. The molecule has 0 heterocycles. The lowest BCUT2D eigenvalue weighted by Gasteiger charge is -2.30. The van der Waals surface area contributed by atoms with Crippen LogP contribution in [0.25, 0.3) is 0 Å². The Morgan fingerprint density at radius 2 is 2.00 bits per heavy atom. The highest BCUT2D eigenvalue weighted by Gasteiger charge is 2.23. The van der Waals surface area contributed by atoms with Crippen molar-refractivity contribution in [3.05, 3.63) is 0 Å². The number of rotatable bonds is 10. The molecule has 108 valence electrons. The van der Waals surface area contributed by atoms with E-state index in [9.17, 15) is 5.11 Å². The number of aliphatic hydroxyl groups is 2. The van der Waals surface area contributed by atoms with E-state index in [1.807, 2.05) is 0 Å². The van der Waals surface area contributed by atoms with E-state index in [0.29, 0.717) is 39.0 Å². The molecule has 1 aliphatic carbocycles. The van der Waals surface area contributed by atoms with Gasteiger partial charge >= 0.3 is 0 Å². The van der Waals surface area contributed by atoms with Crippen molar-refractivity contribution in [2.45, 2.75) is 37.8 Å². The molecule has 5 heteroatoms. The van der Waals surface area contributed by atoms with Gasteiger partial charge < -0.3 is 19.7 Å². The van der Waals surface area contributed by atoms with Gasteiger partial charge in [-0.3, -0.25) is 4.90 Å². The first kappa shape index (κ1) is 15.9. The van der Waals surface area contributed by atoms with Crippen molar-refractivity contribution in [1.82, 2.24) is 4.90 Å². The van der Waals surface area contributed by atoms with E-state index in [4.69, 9.17) is 14.6 Å². The van der Waals surface area contributed by atoms with Gasteiger partial charge in [0.05, 0.1) is 32.5 Å². The molecule has 0 bridgehead atoms. The van der Waals surface area contributed by atoms with E-state index >= 15 is 0 Å². The molecule has 1 aliphatic rings. The van der Waals surface area contributed by atoms with Gasteiger partial charge in [-0.25, -0.2) is 0 Å². The van der Waals surface area contributed by atoms with Gasteiger partial charge in [0.1, 0.15) is 0 Å². The molecule has 1 rings (SSSR count). The summed E-state index contributed by atoms with van der Waals surface area (Å²) < 4.78 is 10.2. The number of aliphatic hydroxyl groups excluding tert-OH is 2. The summed E-state index contributed by atoms with van der Waals surface area (Å²) >= 11 is 0. The van der Waals surface area contributed by atoms with Gasteiger partial charge in [-0.05, 0) is 12.8 Å². The Morgan fingerprint density at radius 1 is 1.28 bits per heavy atom. The Kier molecular flexibility index (Phi) is 8.54. The molecule has 0 amide bonds. The van der Waals surface area contributed by atoms with Gasteiger partial charge in [0, 0.05) is 26.2 Å². The van der Waals surface area contributed by atoms with Crippen LogP contribution in [0.3, 0.4) is 0 Å². The van der Waals surface area contributed by atoms with Crippen LogP contribution < -0.4 is 0 Å². The molecular formula is C13H27NO4. The molecule has 0 aromatic carbocycles. The largest absolute Gasteiger partial charge is 0.395 e. The zero-order valence-electron chi connectivity index (χ0n) is 11.4. The summed E-state index contributed by atoms with van der Waals surface area (Å²) in [5.41, 5.74) is 0. The zero-order chi connectivity index (χ0) is 13.2. The van der Waals surface area contributed by atoms with Crippen LogP contribution in [-0.2, 0) is 9.47 Å². The first-order valence-electron chi connectivity index (χ1n) is 6.87. The molecule has 5 nitrogen and oxygen atoms in total. The molecule has 0 aromatic rings. The van der Waals surface area contributed by atoms with E-state index in [0.717, 1.165) is 0 Å². The summed E-state index contributed by atoms with van der Waals surface area (Å²) in [5.74, 6) is 0. The second-order valence-corrected chi connectivity index (χ2v) is 4.88. The number of methoxy groups -OCH3 is 1. The number of hydrogen-bond donors (Lipinski definition) is 2. The van der Waals surface area contributed by atoms with Crippen LogP contribution in [0.4, 0.5) is 0 Å². The molecule has 1 atom stereocenters. The minimum absolute atomic E-state index is 0.147. The van der Waals surface area contributed by atoms with Gasteiger partial charge in [0.2, 0.25) is 0 Å². The molecule has 0 spiro atoms. The topological polar surface area (TPSA) is 62.2 Å². The van der Waals surface area contributed by atoms with Crippen LogP contribution in [0.2, 0.25) is 0 Å². The molecule has 1 unspecified atom stereocenters. The average molecular weight is 261 g/mol. The lowest BCUT2D eigenvalue weighted by Crippen LogP contribution is -2.42. The zero-order valence-corrected chi connectivity index (χ0v) is 11.4. The summed E-state index contributed by atoms with van der Waals surface area (Å²) in [4.78, 5) is 2.19. The predicted octanol–water partition coefficient (Wildman–Crippen LogP) is 0.247. The average Bonchev–Trinajstić information content (AvgIpc) is 2.88. The van der Waals surface area contributed by atoms with Crippen LogP contribution >= 0.6 is 0 Å². The summed E-state index contributed by atoms with van der Waals surface area (Å²) in [6.45, 7) is 2.76. The van der Waals surface area contributed by atoms with Crippen molar-refractivity contribution < 1.29 is 19.7 Å². The third kappa shape index (κ3) is 6.11. The van der Waals surface area contributed by atoms with Crippen LogP contribution in [0.5, 0.6) is 0 Å². The SMILES string of the molecule is COCCOCC(O)CN(CCO)C1CCCC1. The van der Waals surface area contributed by atoms with Crippen molar-refractivity contribution in [2.24, 2.45) is 0 Å². The Morgan fingerprint density at radius 3 is 2.61 bits per heavy atom. The molecule has 2 N–H and O–H groups in total. The van der Waals surface area contributed by atoms with Crippen LogP contribution in [0.15, 0.2) is 0 Å². The lowest BCUT2D eigenvalue weighted by molar-refractivity contribution is -0.00839. The van der Waals surface area contributed by atoms with Crippen molar-refractivity contribution in [1.29, 1.82) is 0 Å². The molecule has 0 radical (unpaired) electrons. The van der Waals surface area contributed by atoms with Crippen molar-refractivity contribution in [3.8, 4) is 0 Å². The molecule has 0 aliphatic heterocycles. The third-order valence-electron chi connectivity index (χ3n) is 3.42. The van der Waals surface area contributed by atoms with Gasteiger partial charge in [-0.1, -0.05) is 12.8 Å². The van der Waals surface area contributed by atoms with Gasteiger partial charge in [0.25, 0.3) is 0 Å². The minimum atomic E-state index is -0.492. The molecule has 18 heavy (non-hydrogen) atoms. The molecule has 1 fully saturated rings. The van der Waals surface area contributed by atoms with E-state index in [1.54, 1.807) is 7.11 Å². The minimum Gasteiger partial charge on any atom is -0.395 e. The van der Waals surface area contributed by atoms with Crippen molar-refractivity contribution in [3.63, 3.8) is 0 Å². The number of ether oxygens (including phenoxy) is 2. The maximum atomic E-state index is 9.92. The molecule has 1 saturated carbocycles. The first-order valence-corrected chi connectivity index (χ1v) is 6.87. The fraction of sp³-hybridized carbons (Fsp3) is 1.00. The Hall–Kier alpha value is -0.200. The number of nitrogens with zero attached hydrogens (tertiary/aromatic N) is 1. The van der Waals surface area contributed by atoms with Gasteiger partial charge in [-0.2, -0.15) is 0 Å². The van der Waals surface area contributed by atoms with Gasteiger partial charge in [0.15, 0.2) is 0 Å². The highest BCUT2D eigenvalue weighted by Crippen LogP contribution is 2.23. The summed E-state index contributed by atoms with van der Waals surface area (Å²) in [6, 6.07) is 0.519. The van der Waals surface area contributed by atoms with Gasteiger partial charge in [-0.15, -0.1) is 0 Å². The monoisotopic (exact) mass is 261 g/mol. The van der Waals surface area contributed by atoms with E-state index in [1.165, 1.54) is 25.7 Å². The van der Waals surface area contributed by atoms with Crippen LogP contribution in [0.1, 0.15) is 25.7 Å². The normalized spacial score (nSPS) is 18.7. The maximum Gasteiger partial charge on any atom is 0.0900 e. The highest BCUT2D eigenvalue weighted by molar-refractivity contribution is 4.79. The molecule has 0 aromatic heterocycles. The molecule has 0 saturated heterocycles. The van der Waals surface area contributed by atoms with Crippen molar-refractivity contribution >= 4 is 0 Å². The van der Waals surface area contributed by atoms with Crippen molar-refractivity contribution in [2.75, 3.05) is 46.6 Å².